The van der Waals surface area contributed by atoms with Crippen molar-refractivity contribution in [3.63, 3.8) is 0 Å². The number of hydrogen-bond donors (Lipinski definition) is 3. The van der Waals surface area contributed by atoms with E-state index in [1.54, 1.807) is 0 Å². The monoisotopic (exact) mass is 315 g/mol. The van der Waals surface area contributed by atoms with Gasteiger partial charge in [-0.1, -0.05) is 0 Å². The first-order valence-electron chi connectivity index (χ1n) is 5.70. The maximum Gasteiger partial charge on any atom is 0.423 e. The number of nitrogens with zero attached hydrogens (tertiary/aromatic N) is 2. The molecule has 0 atom stereocenters. The number of hydrogen-bond acceptors (Lipinski definition) is 4. The van der Waals surface area contributed by atoms with Crippen LogP contribution in [0.25, 0.3) is 0 Å². The number of aromatic amines is 1. The van der Waals surface area contributed by atoms with Crippen molar-refractivity contribution in [1.82, 2.24) is 10.2 Å². The van der Waals surface area contributed by atoms with E-state index in [1.807, 2.05) is 0 Å². The van der Waals surface area contributed by atoms with Crippen LogP contribution < -0.4 is 10.6 Å². The van der Waals surface area contributed by atoms with Gasteiger partial charge in [-0.15, -0.1) is 0 Å². The van der Waals surface area contributed by atoms with Gasteiger partial charge in [-0.25, -0.2) is 4.79 Å². The Labute approximate surface area is 120 Å². The van der Waals surface area contributed by atoms with Crippen LogP contribution >= 0.6 is 0 Å². The largest absolute Gasteiger partial charge is 0.423 e. The molecule has 8 nitrogen and oxygen atoms in total. The molecule has 0 saturated carbocycles. The smallest absolute Gasteiger partial charge is 0.308 e. The number of nitro benzene ring substituents is 1. The second kappa shape index (κ2) is 5.71. The number of H-pyrrole nitrogens is 1. The fraction of sp³-hybridized carbons (Fsp3) is 0.0909. The summed E-state index contributed by atoms with van der Waals surface area (Å²) in [5, 5.41) is 21.0. The zero-order chi connectivity index (χ0) is 16.3. The van der Waals surface area contributed by atoms with Gasteiger partial charge in [0.2, 0.25) is 0 Å². The standard InChI is InChI=1S/C11H8F3N5O3/c12-11(13,14)7-5-6(1-2-8(7)19(21)22)16-10(20)17-9-3-4-15-18-9/h1-5H,(H3,15,16,17,18,20). The number of rotatable bonds is 3. The molecular formula is C11H8F3N5O3. The van der Waals surface area contributed by atoms with Gasteiger partial charge in [0.05, 0.1) is 11.1 Å². The van der Waals surface area contributed by atoms with Crippen molar-refractivity contribution >= 4 is 23.2 Å². The minimum absolute atomic E-state index is 0.232. The van der Waals surface area contributed by atoms with Crippen LogP contribution in [0.5, 0.6) is 0 Å². The Morgan fingerprint density at radius 2 is 2.00 bits per heavy atom. The van der Waals surface area contributed by atoms with E-state index >= 15 is 0 Å². The average molecular weight is 315 g/mol. The lowest BCUT2D eigenvalue weighted by Crippen LogP contribution is -2.20. The minimum atomic E-state index is -4.92. The topological polar surface area (TPSA) is 113 Å². The van der Waals surface area contributed by atoms with Gasteiger partial charge in [-0.3, -0.25) is 20.5 Å². The van der Waals surface area contributed by atoms with E-state index in [4.69, 9.17) is 0 Å². The molecule has 1 aromatic carbocycles. The first-order chi connectivity index (χ1) is 10.3. The van der Waals surface area contributed by atoms with Crippen molar-refractivity contribution in [2.24, 2.45) is 0 Å². The molecule has 3 N–H and O–H groups in total. The summed E-state index contributed by atoms with van der Waals surface area (Å²) >= 11 is 0. The number of nitrogens with one attached hydrogen (secondary N) is 3. The summed E-state index contributed by atoms with van der Waals surface area (Å²) < 4.78 is 38.4. The molecule has 0 spiro atoms. The Hall–Kier alpha value is -3.11. The first-order valence-corrected chi connectivity index (χ1v) is 5.70. The van der Waals surface area contributed by atoms with Crippen LogP contribution in [0.15, 0.2) is 30.5 Å². The van der Waals surface area contributed by atoms with E-state index in [1.165, 1.54) is 12.3 Å². The highest BCUT2D eigenvalue weighted by atomic mass is 19.4. The molecule has 22 heavy (non-hydrogen) atoms. The Morgan fingerprint density at radius 1 is 1.27 bits per heavy atom. The van der Waals surface area contributed by atoms with Gasteiger partial charge < -0.3 is 5.32 Å². The third kappa shape index (κ3) is 3.50. The van der Waals surface area contributed by atoms with Crippen LogP contribution in [0.3, 0.4) is 0 Å². The molecule has 2 rings (SSSR count). The summed E-state index contributed by atoms with van der Waals surface area (Å²) in [7, 11) is 0. The highest BCUT2D eigenvalue weighted by Gasteiger charge is 2.38. The lowest BCUT2D eigenvalue weighted by molar-refractivity contribution is -0.388. The fourth-order valence-electron chi connectivity index (χ4n) is 1.61. The maximum absolute atomic E-state index is 12.8. The number of benzene rings is 1. The summed E-state index contributed by atoms with van der Waals surface area (Å²) in [6, 6.07) is 2.77. The van der Waals surface area contributed by atoms with Crippen LogP contribution in [-0.2, 0) is 6.18 Å². The zero-order valence-corrected chi connectivity index (χ0v) is 10.6. The summed E-state index contributed by atoms with van der Waals surface area (Å²) in [5.41, 5.74) is -2.78. The number of carbonyl (C=O) groups excluding carboxylic acids is 1. The zero-order valence-electron chi connectivity index (χ0n) is 10.6. The van der Waals surface area contributed by atoms with Crippen molar-refractivity contribution in [3.05, 3.63) is 46.1 Å². The van der Waals surface area contributed by atoms with Crippen molar-refractivity contribution in [1.29, 1.82) is 0 Å². The number of anilines is 2. The van der Waals surface area contributed by atoms with Crippen LogP contribution in [-0.4, -0.2) is 21.2 Å². The van der Waals surface area contributed by atoms with Gasteiger partial charge in [-0.05, 0) is 12.1 Å². The molecular weight excluding hydrogens is 307 g/mol. The number of urea groups is 1. The Kier molecular flexibility index (Phi) is 3.97. The number of carbonyl (C=O) groups is 1. The van der Waals surface area contributed by atoms with Gasteiger partial charge in [-0.2, -0.15) is 18.3 Å². The Balaban J connectivity index is 2.21. The molecule has 0 saturated heterocycles. The molecule has 2 aromatic rings. The number of alkyl halides is 3. The average Bonchev–Trinajstić information content (AvgIpc) is 2.90. The highest BCUT2D eigenvalue weighted by molar-refractivity contribution is 5.99. The quantitative estimate of drug-likeness (QED) is 0.597. The lowest BCUT2D eigenvalue weighted by atomic mass is 10.1. The number of amides is 2. The molecule has 1 heterocycles. The van der Waals surface area contributed by atoms with Gasteiger partial charge >= 0.3 is 12.2 Å². The van der Waals surface area contributed by atoms with Crippen molar-refractivity contribution in [3.8, 4) is 0 Å². The van der Waals surface area contributed by atoms with Crippen molar-refractivity contribution < 1.29 is 22.9 Å². The molecule has 1 aromatic heterocycles. The number of halogens is 3. The SMILES string of the molecule is O=C(Nc1ccc([N+](=O)[O-])c(C(F)(F)F)c1)Nc1ccn[nH]1. The second-order valence-corrected chi connectivity index (χ2v) is 4.04. The van der Waals surface area contributed by atoms with Crippen LogP contribution in [0.2, 0.25) is 0 Å². The highest BCUT2D eigenvalue weighted by Crippen LogP contribution is 2.37. The molecule has 0 aliphatic rings. The number of nitro groups is 1. The van der Waals surface area contributed by atoms with Gasteiger partial charge in [0.25, 0.3) is 5.69 Å². The van der Waals surface area contributed by atoms with Crippen molar-refractivity contribution in [2.75, 3.05) is 10.6 Å². The Bertz CT molecular complexity index is 699. The normalized spacial score (nSPS) is 11.0. The van der Waals surface area contributed by atoms with E-state index in [0.29, 0.717) is 12.1 Å². The second-order valence-electron chi connectivity index (χ2n) is 4.04. The molecule has 0 unspecified atom stereocenters. The predicted octanol–water partition coefficient (Wildman–Crippen LogP) is 2.98. The lowest BCUT2D eigenvalue weighted by Gasteiger charge is -2.10. The predicted molar refractivity (Wildman–Crippen MR) is 69.3 cm³/mol. The third-order valence-electron chi connectivity index (χ3n) is 2.51. The fourth-order valence-corrected chi connectivity index (χ4v) is 1.61. The Morgan fingerprint density at radius 3 is 2.55 bits per heavy atom. The first kappa shape index (κ1) is 15.3. The van der Waals surface area contributed by atoms with E-state index in [2.05, 4.69) is 20.8 Å². The molecule has 2 amide bonds. The van der Waals surface area contributed by atoms with Crippen LogP contribution in [0.1, 0.15) is 5.56 Å². The van der Waals surface area contributed by atoms with E-state index in [-0.39, 0.29) is 11.5 Å². The summed E-state index contributed by atoms with van der Waals surface area (Å²) in [4.78, 5) is 21.0. The van der Waals surface area contributed by atoms with E-state index in [0.717, 1.165) is 6.07 Å². The van der Waals surface area contributed by atoms with Gasteiger partial charge in [0.15, 0.2) is 0 Å². The summed E-state index contributed by atoms with van der Waals surface area (Å²) in [6.07, 6.45) is -3.55. The number of aromatic nitrogens is 2. The summed E-state index contributed by atoms with van der Waals surface area (Å²) in [5.74, 6) is 0.232. The van der Waals surface area contributed by atoms with Gasteiger partial charge in [0, 0.05) is 17.8 Å². The van der Waals surface area contributed by atoms with Gasteiger partial charge in [0.1, 0.15) is 11.4 Å². The third-order valence-corrected chi connectivity index (χ3v) is 2.51. The molecule has 0 radical (unpaired) electrons. The minimum Gasteiger partial charge on any atom is -0.308 e. The van der Waals surface area contributed by atoms with E-state index in [9.17, 15) is 28.1 Å². The molecule has 0 aliphatic carbocycles. The van der Waals surface area contributed by atoms with Crippen LogP contribution in [0.4, 0.5) is 35.2 Å². The van der Waals surface area contributed by atoms with Crippen LogP contribution in [0, 0.1) is 10.1 Å². The van der Waals surface area contributed by atoms with Crippen molar-refractivity contribution in [2.45, 2.75) is 6.18 Å². The van der Waals surface area contributed by atoms with E-state index < -0.39 is 28.4 Å². The molecule has 0 bridgehead atoms. The molecule has 0 fully saturated rings. The maximum atomic E-state index is 12.8. The summed E-state index contributed by atoms with van der Waals surface area (Å²) in [6.45, 7) is 0. The molecule has 116 valence electrons. The molecule has 0 aliphatic heterocycles. The molecule has 11 heteroatoms.